The van der Waals surface area contributed by atoms with Crippen molar-refractivity contribution in [2.24, 2.45) is 0 Å². The van der Waals surface area contributed by atoms with E-state index in [0.29, 0.717) is 12.2 Å². The second-order valence-corrected chi connectivity index (χ2v) is 5.20. The number of rotatable bonds is 6. The monoisotopic (exact) mass is 303 g/mol. The van der Waals surface area contributed by atoms with Crippen LogP contribution in [-0.2, 0) is 0 Å². The molecule has 0 fully saturated rings. The molecule has 0 bridgehead atoms. The molecule has 2 heterocycles. The zero-order valence-corrected chi connectivity index (χ0v) is 12.7. The summed E-state index contributed by atoms with van der Waals surface area (Å²) in [4.78, 5) is 13.4. The molecule has 0 aliphatic carbocycles. The topological polar surface area (TPSA) is 74.5 Å². The molecule has 1 N–H and O–H groups in total. The van der Waals surface area contributed by atoms with E-state index in [9.17, 15) is 0 Å². The van der Waals surface area contributed by atoms with Crippen molar-refractivity contribution in [1.82, 2.24) is 15.0 Å². The first-order valence-corrected chi connectivity index (χ1v) is 7.66. The van der Waals surface area contributed by atoms with E-state index in [1.807, 2.05) is 36.4 Å². The first-order chi connectivity index (χ1) is 11.4. The summed E-state index contributed by atoms with van der Waals surface area (Å²) in [6.07, 6.45) is 5.92. The highest BCUT2D eigenvalue weighted by atomic mass is 15.0. The number of nitrogens with zero attached hydrogens (tertiary/aromatic N) is 4. The number of hydrogen-bond acceptors (Lipinski definition) is 5. The number of benzene rings is 1. The van der Waals surface area contributed by atoms with E-state index in [1.165, 1.54) is 0 Å². The van der Waals surface area contributed by atoms with Crippen LogP contribution < -0.4 is 5.32 Å². The predicted octanol–water partition coefficient (Wildman–Crippen LogP) is 3.80. The quantitative estimate of drug-likeness (QED) is 0.701. The van der Waals surface area contributed by atoms with Crippen LogP contribution in [0.15, 0.2) is 48.8 Å². The molecule has 5 heteroatoms. The molecule has 0 aliphatic rings. The van der Waals surface area contributed by atoms with Gasteiger partial charge in [-0.25, -0.2) is 9.97 Å². The lowest BCUT2D eigenvalue weighted by Crippen LogP contribution is -2.05. The van der Waals surface area contributed by atoms with E-state index in [1.54, 1.807) is 12.4 Å². The normalized spacial score (nSPS) is 10.4. The van der Waals surface area contributed by atoms with Gasteiger partial charge in [-0.15, -0.1) is 0 Å². The van der Waals surface area contributed by atoms with Crippen molar-refractivity contribution >= 4 is 16.7 Å². The first kappa shape index (κ1) is 14.9. The number of aromatic nitrogens is 3. The Kier molecular flexibility index (Phi) is 4.75. The fourth-order valence-electron chi connectivity index (χ4n) is 2.37. The van der Waals surface area contributed by atoms with Crippen LogP contribution in [0.2, 0.25) is 0 Å². The first-order valence-electron chi connectivity index (χ1n) is 7.66. The number of unbranched alkanes of at least 4 members (excludes halogenated alkanes) is 2. The van der Waals surface area contributed by atoms with E-state index in [0.717, 1.165) is 41.7 Å². The highest BCUT2D eigenvalue weighted by Gasteiger charge is 2.08. The third-order valence-corrected chi connectivity index (χ3v) is 3.53. The summed E-state index contributed by atoms with van der Waals surface area (Å²) >= 11 is 0. The summed E-state index contributed by atoms with van der Waals surface area (Å²) in [5, 5.41) is 13.0. The van der Waals surface area contributed by atoms with Gasteiger partial charge in [0.05, 0.1) is 11.6 Å². The van der Waals surface area contributed by atoms with Crippen LogP contribution in [0.3, 0.4) is 0 Å². The van der Waals surface area contributed by atoms with Gasteiger partial charge in [0.25, 0.3) is 0 Å². The predicted molar refractivity (Wildman–Crippen MR) is 90.7 cm³/mol. The third-order valence-electron chi connectivity index (χ3n) is 3.53. The minimum absolute atomic E-state index is 0.590. The molecule has 23 heavy (non-hydrogen) atoms. The molecule has 0 aliphatic heterocycles. The van der Waals surface area contributed by atoms with Crippen LogP contribution in [0, 0.1) is 11.3 Å². The van der Waals surface area contributed by atoms with Crippen molar-refractivity contribution < 1.29 is 0 Å². The number of nitriles is 1. The minimum atomic E-state index is 0.590. The molecule has 3 aromatic rings. The molecule has 0 saturated heterocycles. The Morgan fingerprint density at radius 2 is 1.96 bits per heavy atom. The molecule has 0 spiro atoms. The fraction of sp³-hybridized carbons (Fsp3) is 0.222. The molecular weight excluding hydrogens is 286 g/mol. The Bertz CT molecular complexity index is 824. The fourth-order valence-corrected chi connectivity index (χ4v) is 2.37. The molecule has 0 unspecified atom stereocenters. The zero-order valence-electron chi connectivity index (χ0n) is 12.7. The third kappa shape index (κ3) is 3.61. The van der Waals surface area contributed by atoms with Crippen molar-refractivity contribution in [2.45, 2.75) is 19.3 Å². The summed E-state index contributed by atoms with van der Waals surface area (Å²) in [6, 6.07) is 13.9. The Hall–Kier alpha value is -3.00. The van der Waals surface area contributed by atoms with Gasteiger partial charge in [-0.2, -0.15) is 5.26 Å². The van der Waals surface area contributed by atoms with Crippen molar-refractivity contribution in [3.63, 3.8) is 0 Å². The van der Waals surface area contributed by atoms with Crippen molar-refractivity contribution in [2.75, 3.05) is 11.9 Å². The largest absolute Gasteiger partial charge is 0.369 e. The van der Waals surface area contributed by atoms with Crippen LogP contribution in [0.1, 0.15) is 19.3 Å². The number of nitrogens with one attached hydrogen (secondary N) is 1. The standard InChI is InChI=1S/C18H17N5/c19-10-4-1-5-12-21-18-15-8-2-3-9-16(15)22-17(23-18)14-7-6-11-20-13-14/h2-3,6-9,11,13H,1,4-5,12H2,(H,21,22,23). The van der Waals surface area contributed by atoms with Gasteiger partial charge in [0, 0.05) is 36.3 Å². The number of fused-ring (bicyclic) bond motifs is 1. The van der Waals surface area contributed by atoms with Gasteiger partial charge >= 0.3 is 0 Å². The van der Waals surface area contributed by atoms with Gasteiger partial charge in [0.2, 0.25) is 0 Å². The van der Waals surface area contributed by atoms with E-state index in [2.05, 4.69) is 26.3 Å². The van der Waals surface area contributed by atoms with Gasteiger partial charge < -0.3 is 5.32 Å². The molecule has 114 valence electrons. The number of anilines is 1. The minimum Gasteiger partial charge on any atom is -0.369 e. The smallest absolute Gasteiger partial charge is 0.163 e. The van der Waals surface area contributed by atoms with Gasteiger partial charge in [-0.3, -0.25) is 4.98 Å². The van der Waals surface area contributed by atoms with E-state index in [4.69, 9.17) is 5.26 Å². The Morgan fingerprint density at radius 3 is 2.78 bits per heavy atom. The van der Waals surface area contributed by atoms with Gasteiger partial charge in [-0.05, 0) is 37.1 Å². The Balaban J connectivity index is 1.90. The second-order valence-electron chi connectivity index (χ2n) is 5.20. The van der Waals surface area contributed by atoms with Crippen LogP contribution >= 0.6 is 0 Å². The molecule has 3 rings (SSSR count). The highest BCUT2D eigenvalue weighted by Crippen LogP contribution is 2.24. The van der Waals surface area contributed by atoms with E-state index in [-0.39, 0.29) is 0 Å². The molecule has 0 radical (unpaired) electrons. The molecule has 5 nitrogen and oxygen atoms in total. The molecule has 1 aromatic carbocycles. The van der Waals surface area contributed by atoms with Gasteiger partial charge in [-0.1, -0.05) is 12.1 Å². The molecular formula is C18H17N5. The van der Waals surface area contributed by atoms with Gasteiger partial charge in [0.15, 0.2) is 5.82 Å². The average Bonchev–Trinajstić information content (AvgIpc) is 2.62. The number of para-hydroxylation sites is 1. The summed E-state index contributed by atoms with van der Waals surface area (Å²) in [5.41, 5.74) is 1.80. The Morgan fingerprint density at radius 1 is 1.04 bits per heavy atom. The summed E-state index contributed by atoms with van der Waals surface area (Å²) in [5.74, 6) is 1.49. The van der Waals surface area contributed by atoms with Crippen molar-refractivity contribution in [3.05, 3.63) is 48.8 Å². The average molecular weight is 303 g/mol. The van der Waals surface area contributed by atoms with Crippen LogP contribution in [0.5, 0.6) is 0 Å². The van der Waals surface area contributed by atoms with Gasteiger partial charge in [0.1, 0.15) is 5.82 Å². The van der Waals surface area contributed by atoms with Crippen LogP contribution in [0.4, 0.5) is 5.82 Å². The van der Waals surface area contributed by atoms with Crippen LogP contribution in [0.25, 0.3) is 22.3 Å². The molecule has 2 aromatic heterocycles. The maximum Gasteiger partial charge on any atom is 0.163 e. The molecule has 0 amide bonds. The van der Waals surface area contributed by atoms with Crippen molar-refractivity contribution in [1.29, 1.82) is 5.26 Å². The van der Waals surface area contributed by atoms with Crippen molar-refractivity contribution in [3.8, 4) is 17.5 Å². The lowest BCUT2D eigenvalue weighted by molar-refractivity contribution is 0.783. The molecule has 0 saturated carbocycles. The second kappa shape index (κ2) is 7.32. The Labute approximate surface area is 135 Å². The zero-order chi connectivity index (χ0) is 15.9. The highest BCUT2D eigenvalue weighted by molar-refractivity contribution is 5.90. The SMILES string of the molecule is N#CCCCCNc1nc(-c2cccnc2)nc2ccccc12. The van der Waals surface area contributed by atoms with E-state index >= 15 is 0 Å². The summed E-state index contributed by atoms with van der Waals surface area (Å²) in [7, 11) is 0. The lowest BCUT2D eigenvalue weighted by atomic mass is 10.2. The summed E-state index contributed by atoms with van der Waals surface area (Å²) < 4.78 is 0. The number of pyridine rings is 1. The maximum absolute atomic E-state index is 8.59. The van der Waals surface area contributed by atoms with Crippen LogP contribution in [-0.4, -0.2) is 21.5 Å². The van der Waals surface area contributed by atoms with E-state index < -0.39 is 0 Å². The number of hydrogen-bond donors (Lipinski definition) is 1. The molecule has 0 atom stereocenters. The summed E-state index contributed by atoms with van der Waals surface area (Å²) in [6.45, 7) is 0.787. The lowest BCUT2D eigenvalue weighted by Gasteiger charge is -2.10. The maximum atomic E-state index is 8.59.